The molecule has 1 saturated heterocycles. The highest BCUT2D eigenvalue weighted by molar-refractivity contribution is 4.79. The fraction of sp³-hybridized carbons (Fsp3) is 1.00. The van der Waals surface area contributed by atoms with E-state index in [1.165, 1.54) is 0 Å². The molecule has 16 heavy (non-hydrogen) atoms. The summed E-state index contributed by atoms with van der Waals surface area (Å²) in [7, 11) is 0. The van der Waals surface area contributed by atoms with Crippen LogP contribution in [0.15, 0.2) is 5.11 Å². The minimum absolute atomic E-state index is 0.308. The van der Waals surface area contributed by atoms with Crippen molar-refractivity contribution in [2.45, 2.75) is 31.9 Å². The summed E-state index contributed by atoms with van der Waals surface area (Å²) in [5, 5.41) is 13.6. The van der Waals surface area contributed by atoms with Crippen LogP contribution in [-0.4, -0.2) is 55.0 Å². The van der Waals surface area contributed by atoms with Crippen LogP contribution in [0.5, 0.6) is 0 Å². The van der Waals surface area contributed by atoms with Crippen molar-refractivity contribution in [3.8, 4) is 0 Å². The lowest BCUT2D eigenvalue weighted by Crippen LogP contribution is -2.44. The lowest BCUT2D eigenvalue weighted by Gasteiger charge is -2.30. The average Bonchev–Trinajstić information content (AvgIpc) is 2.30. The van der Waals surface area contributed by atoms with E-state index in [1.807, 2.05) is 6.92 Å². The van der Waals surface area contributed by atoms with Crippen molar-refractivity contribution < 1.29 is 9.84 Å². The van der Waals surface area contributed by atoms with Crippen LogP contribution in [0.3, 0.4) is 0 Å². The third kappa shape index (κ3) is 4.37. The lowest BCUT2D eigenvalue weighted by molar-refractivity contribution is 0.00902. The Labute approximate surface area is 95.8 Å². The van der Waals surface area contributed by atoms with Gasteiger partial charge in [0.25, 0.3) is 0 Å². The second-order valence-electron chi connectivity index (χ2n) is 4.04. The maximum Gasteiger partial charge on any atom is 0.0751 e. The number of azide groups is 1. The molecule has 1 aliphatic rings. The summed E-state index contributed by atoms with van der Waals surface area (Å²) in [5.41, 5.74) is 8.43. The van der Waals surface area contributed by atoms with Gasteiger partial charge in [-0.3, -0.25) is 4.90 Å². The van der Waals surface area contributed by atoms with Crippen LogP contribution in [0.4, 0.5) is 0 Å². The molecule has 1 N–H and O–H groups in total. The highest BCUT2D eigenvalue weighted by Gasteiger charge is 2.21. The summed E-state index contributed by atoms with van der Waals surface area (Å²) in [6.07, 6.45) is 1.06. The number of β-amino-alcohol motifs (C(OH)–C–C–N with tert-alkyl or cyclic N) is 1. The molecule has 0 aromatic carbocycles. The molecule has 0 aromatic rings. The van der Waals surface area contributed by atoms with Crippen molar-refractivity contribution in [3.63, 3.8) is 0 Å². The number of aliphatic hydroxyl groups excluding tert-OH is 1. The van der Waals surface area contributed by atoms with Gasteiger partial charge in [-0.05, 0) is 12.0 Å². The summed E-state index contributed by atoms with van der Waals surface area (Å²) in [4.78, 5) is 4.93. The first-order chi connectivity index (χ1) is 7.77. The van der Waals surface area contributed by atoms with Crippen molar-refractivity contribution in [2.75, 3.05) is 32.8 Å². The zero-order chi connectivity index (χ0) is 11.8. The number of hydrogen-bond donors (Lipinski definition) is 1. The molecule has 0 aliphatic carbocycles. The highest BCUT2D eigenvalue weighted by Crippen LogP contribution is 2.10. The van der Waals surface area contributed by atoms with Crippen LogP contribution >= 0.6 is 0 Å². The van der Waals surface area contributed by atoms with Crippen molar-refractivity contribution in [1.29, 1.82) is 0 Å². The van der Waals surface area contributed by atoms with Gasteiger partial charge in [0.05, 0.1) is 25.4 Å². The zero-order valence-corrected chi connectivity index (χ0v) is 9.75. The van der Waals surface area contributed by atoms with E-state index in [2.05, 4.69) is 14.9 Å². The molecular formula is C10H20N4O2. The smallest absolute Gasteiger partial charge is 0.0751 e. The molecule has 92 valence electrons. The topological polar surface area (TPSA) is 81.5 Å². The summed E-state index contributed by atoms with van der Waals surface area (Å²) >= 11 is 0. The second-order valence-corrected chi connectivity index (χ2v) is 4.04. The Bertz CT molecular complexity index is 237. The third-order valence-electron chi connectivity index (χ3n) is 2.78. The van der Waals surface area contributed by atoms with E-state index in [0.29, 0.717) is 19.8 Å². The van der Waals surface area contributed by atoms with Gasteiger partial charge in [0, 0.05) is 24.5 Å². The first kappa shape index (κ1) is 13.3. The summed E-state index contributed by atoms with van der Waals surface area (Å²) in [5.74, 6) is 0. The molecule has 6 nitrogen and oxygen atoms in total. The molecule has 1 heterocycles. The summed E-state index contributed by atoms with van der Waals surface area (Å²) < 4.78 is 5.23. The van der Waals surface area contributed by atoms with Crippen molar-refractivity contribution in [3.05, 3.63) is 10.4 Å². The van der Waals surface area contributed by atoms with Gasteiger partial charge in [-0.2, -0.15) is 0 Å². The van der Waals surface area contributed by atoms with E-state index in [4.69, 9.17) is 10.3 Å². The molecule has 0 aromatic heterocycles. The van der Waals surface area contributed by atoms with Gasteiger partial charge in [-0.25, -0.2) is 0 Å². The number of ether oxygens (including phenoxy) is 1. The minimum atomic E-state index is -0.575. The maximum absolute atomic E-state index is 9.98. The zero-order valence-electron chi connectivity index (χ0n) is 9.75. The fourth-order valence-electron chi connectivity index (χ4n) is 1.86. The molecule has 1 fully saturated rings. The quantitative estimate of drug-likeness (QED) is 0.420. The Morgan fingerprint density at radius 2 is 2.19 bits per heavy atom. The molecule has 0 spiro atoms. The molecule has 0 saturated carbocycles. The number of aliphatic hydroxyl groups is 1. The first-order valence-electron chi connectivity index (χ1n) is 5.80. The van der Waals surface area contributed by atoms with Crippen LogP contribution in [-0.2, 0) is 4.74 Å². The lowest BCUT2D eigenvalue weighted by atomic mass is 10.1. The molecule has 0 amide bonds. The van der Waals surface area contributed by atoms with Gasteiger partial charge in [-0.1, -0.05) is 18.5 Å². The number of morpholine rings is 1. The van der Waals surface area contributed by atoms with E-state index >= 15 is 0 Å². The third-order valence-corrected chi connectivity index (χ3v) is 2.78. The van der Waals surface area contributed by atoms with E-state index < -0.39 is 6.10 Å². The minimum Gasteiger partial charge on any atom is -0.391 e. The second kappa shape index (κ2) is 7.46. The largest absolute Gasteiger partial charge is 0.391 e. The number of hydrogen-bond acceptors (Lipinski definition) is 4. The predicted octanol–water partition coefficient (Wildman–Crippen LogP) is 1.16. The standard InChI is InChI=1S/C10H20N4O2/c1-2-3-9(12-13-11)10(15)8-14-4-6-16-7-5-14/h9-10,15H,2-8H2,1H3/t9-,10+/m1/s1. The molecule has 1 aliphatic heterocycles. The molecule has 0 unspecified atom stereocenters. The Balaban J connectivity index is 2.40. The van der Waals surface area contributed by atoms with Gasteiger partial charge in [0.1, 0.15) is 0 Å². The molecule has 0 radical (unpaired) electrons. The van der Waals surface area contributed by atoms with Crippen LogP contribution in [0.2, 0.25) is 0 Å². The summed E-state index contributed by atoms with van der Waals surface area (Å²) in [6.45, 7) is 5.69. The first-order valence-corrected chi connectivity index (χ1v) is 5.80. The summed E-state index contributed by atoms with van der Waals surface area (Å²) in [6, 6.07) is -0.308. The van der Waals surface area contributed by atoms with Crippen molar-refractivity contribution in [1.82, 2.24) is 4.90 Å². The monoisotopic (exact) mass is 228 g/mol. The normalized spacial score (nSPS) is 21.1. The van der Waals surface area contributed by atoms with E-state index in [9.17, 15) is 5.11 Å². The van der Waals surface area contributed by atoms with Crippen LogP contribution in [0, 0.1) is 0 Å². The predicted molar refractivity (Wildman–Crippen MR) is 61.1 cm³/mol. The van der Waals surface area contributed by atoms with E-state index in [0.717, 1.165) is 25.9 Å². The van der Waals surface area contributed by atoms with Crippen LogP contribution < -0.4 is 0 Å². The van der Waals surface area contributed by atoms with E-state index in [-0.39, 0.29) is 6.04 Å². The van der Waals surface area contributed by atoms with E-state index in [1.54, 1.807) is 0 Å². The number of nitrogens with zero attached hydrogens (tertiary/aromatic N) is 4. The molecular weight excluding hydrogens is 208 g/mol. The van der Waals surface area contributed by atoms with Gasteiger partial charge in [-0.15, -0.1) is 0 Å². The van der Waals surface area contributed by atoms with Gasteiger partial charge in [0.15, 0.2) is 0 Å². The van der Waals surface area contributed by atoms with Crippen LogP contribution in [0.1, 0.15) is 19.8 Å². The SMILES string of the molecule is CCC[C@@H](N=[N+]=[N-])[C@@H](O)CN1CCOCC1. The van der Waals surface area contributed by atoms with Gasteiger partial charge in [0.2, 0.25) is 0 Å². The Morgan fingerprint density at radius 3 is 2.75 bits per heavy atom. The van der Waals surface area contributed by atoms with Crippen molar-refractivity contribution in [2.24, 2.45) is 5.11 Å². The molecule has 0 bridgehead atoms. The molecule has 6 heteroatoms. The Hall–Kier alpha value is -0.810. The maximum atomic E-state index is 9.98. The molecule has 2 atom stereocenters. The Morgan fingerprint density at radius 1 is 1.50 bits per heavy atom. The van der Waals surface area contributed by atoms with Crippen LogP contribution in [0.25, 0.3) is 10.4 Å². The highest BCUT2D eigenvalue weighted by atomic mass is 16.5. The van der Waals surface area contributed by atoms with Gasteiger partial charge >= 0.3 is 0 Å². The Kier molecular flexibility index (Phi) is 6.18. The number of rotatable bonds is 6. The average molecular weight is 228 g/mol. The van der Waals surface area contributed by atoms with Crippen molar-refractivity contribution >= 4 is 0 Å². The van der Waals surface area contributed by atoms with Gasteiger partial charge < -0.3 is 9.84 Å². The molecule has 1 rings (SSSR count). The fourth-order valence-corrected chi connectivity index (χ4v) is 1.86.